The van der Waals surface area contributed by atoms with E-state index in [9.17, 15) is 0 Å². The van der Waals surface area contributed by atoms with Crippen molar-refractivity contribution in [3.8, 4) is 16.9 Å². The molecule has 1 saturated carbocycles. The van der Waals surface area contributed by atoms with Crippen LogP contribution in [-0.4, -0.2) is 50.8 Å². The number of anilines is 3. The summed E-state index contributed by atoms with van der Waals surface area (Å²) in [5.74, 6) is 0.886. The third kappa shape index (κ3) is 4.75. The highest BCUT2D eigenvalue weighted by Gasteiger charge is 2.25. The lowest BCUT2D eigenvalue weighted by molar-refractivity contribution is 0.148. The van der Waals surface area contributed by atoms with E-state index < -0.39 is 0 Å². The van der Waals surface area contributed by atoms with Gasteiger partial charge in [-0.1, -0.05) is 49.6 Å². The summed E-state index contributed by atoms with van der Waals surface area (Å²) in [4.78, 5) is 7.73. The zero-order chi connectivity index (χ0) is 24.3. The van der Waals surface area contributed by atoms with Crippen molar-refractivity contribution in [2.45, 2.75) is 38.1 Å². The lowest BCUT2D eigenvalue weighted by Crippen LogP contribution is -2.50. The summed E-state index contributed by atoms with van der Waals surface area (Å²) < 4.78 is 5.31. The van der Waals surface area contributed by atoms with Crippen molar-refractivity contribution in [2.75, 3.05) is 49.6 Å². The summed E-state index contributed by atoms with van der Waals surface area (Å²) in [7, 11) is 1.71. The van der Waals surface area contributed by atoms with Crippen LogP contribution in [0.3, 0.4) is 0 Å². The third-order valence-electron chi connectivity index (χ3n) is 8.26. The number of rotatable bonds is 5. The molecule has 36 heavy (non-hydrogen) atoms. The third-order valence-corrected chi connectivity index (χ3v) is 8.26. The van der Waals surface area contributed by atoms with Gasteiger partial charge >= 0.3 is 0 Å². The molecule has 3 aromatic rings. The van der Waals surface area contributed by atoms with E-state index in [1.54, 1.807) is 7.11 Å². The normalized spacial score (nSPS) is 18.8. The van der Waals surface area contributed by atoms with Crippen molar-refractivity contribution >= 4 is 23.1 Å². The molecule has 0 unspecified atom stereocenters. The van der Waals surface area contributed by atoms with Crippen LogP contribution < -0.4 is 14.5 Å². The van der Waals surface area contributed by atoms with Crippen molar-refractivity contribution in [1.29, 1.82) is 0 Å². The van der Waals surface area contributed by atoms with Crippen molar-refractivity contribution in [3.05, 3.63) is 78.4 Å². The molecule has 0 aromatic heterocycles. The maximum absolute atomic E-state index is 5.31. The van der Waals surface area contributed by atoms with Crippen LogP contribution in [0, 0.1) is 0 Å². The van der Waals surface area contributed by atoms with Gasteiger partial charge in [-0.15, -0.1) is 0 Å². The number of hydrogen-bond acceptors (Lipinski definition) is 4. The second kappa shape index (κ2) is 10.4. The van der Waals surface area contributed by atoms with Gasteiger partial charge in [0.15, 0.2) is 0 Å². The number of benzene rings is 3. The Morgan fingerprint density at radius 3 is 2.14 bits per heavy atom. The number of piperazine rings is 1. The van der Waals surface area contributed by atoms with Gasteiger partial charge in [-0.25, -0.2) is 0 Å². The van der Waals surface area contributed by atoms with E-state index in [4.69, 9.17) is 4.74 Å². The van der Waals surface area contributed by atoms with Gasteiger partial charge in [-0.3, -0.25) is 4.90 Å². The topological polar surface area (TPSA) is 19.0 Å². The maximum Gasteiger partial charge on any atom is 0.118 e. The molecule has 1 saturated heterocycles. The second-order valence-corrected chi connectivity index (χ2v) is 10.3. The average Bonchev–Trinajstić information content (AvgIpc) is 2.97. The molecule has 3 aliphatic rings. The summed E-state index contributed by atoms with van der Waals surface area (Å²) in [5, 5.41) is 0. The highest BCUT2D eigenvalue weighted by atomic mass is 16.5. The Balaban J connectivity index is 1.14. The maximum atomic E-state index is 5.31. The Morgan fingerprint density at radius 1 is 0.722 bits per heavy atom. The molecule has 186 valence electrons. The Kier molecular flexibility index (Phi) is 6.69. The molecule has 4 nitrogen and oxygen atoms in total. The standard InChI is InChI=1S/C32H37N3O/c1-36-31-16-9-25(10-17-31)26-11-18-32-27(24-26)6-5-19-35(32)30-14-12-29(13-15-30)34-22-20-33(21-23-34)28-7-3-2-4-8-28/h5-6,9-18,24,28H,2-4,7-8,19-23H2,1H3. The van der Waals surface area contributed by atoms with Crippen LogP contribution in [0.4, 0.5) is 17.1 Å². The van der Waals surface area contributed by atoms with Crippen LogP contribution in [0.15, 0.2) is 72.8 Å². The first-order valence-corrected chi connectivity index (χ1v) is 13.6. The van der Waals surface area contributed by atoms with Gasteiger partial charge in [-0.2, -0.15) is 0 Å². The van der Waals surface area contributed by atoms with Crippen LogP contribution in [0.5, 0.6) is 5.75 Å². The number of ether oxygens (including phenoxy) is 1. The minimum absolute atomic E-state index is 0.834. The van der Waals surface area contributed by atoms with Crippen LogP contribution in [0.25, 0.3) is 17.2 Å². The van der Waals surface area contributed by atoms with Crippen molar-refractivity contribution < 1.29 is 4.74 Å². The Bertz CT molecular complexity index is 1190. The second-order valence-electron chi connectivity index (χ2n) is 10.3. The predicted octanol–water partition coefficient (Wildman–Crippen LogP) is 6.98. The monoisotopic (exact) mass is 479 g/mol. The molecular weight excluding hydrogens is 442 g/mol. The summed E-state index contributed by atoms with van der Waals surface area (Å²) >= 11 is 0. The fourth-order valence-corrected chi connectivity index (χ4v) is 6.16. The Hall–Kier alpha value is -3.24. The number of hydrogen-bond donors (Lipinski definition) is 0. The molecule has 3 aromatic carbocycles. The van der Waals surface area contributed by atoms with E-state index in [0.717, 1.165) is 31.4 Å². The van der Waals surface area contributed by atoms with Gasteiger partial charge in [0.05, 0.1) is 7.11 Å². The van der Waals surface area contributed by atoms with E-state index >= 15 is 0 Å². The Morgan fingerprint density at radius 2 is 1.42 bits per heavy atom. The molecule has 0 radical (unpaired) electrons. The fraction of sp³-hybridized carbons (Fsp3) is 0.375. The fourth-order valence-electron chi connectivity index (χ4n) is 6.16. The molecule has 0 N–H and O–H groups in total. The van der Waals surface area contributed by atoms with E-state index in [2.05, 4.69) is 81.4 Å². The molecule has 2 aliphatic heterocycles. The summed E-state index contributed by atoms with van der Waals surface area (Å²) in [6, 6.07) is 25.1. The summed E-state index contributed by atoms with van der Waals surface area (Å²) in [6.45, 7) is 5.58. The smallest absolute Gasteiger partial charge is 0.118 e. The number of methoxy groups -OCH3 is 1. The molecule has 0 amide bonds. The minimum atomic E-state index is 0.834. The molecular formula is C32H37N3O. The molecule has 2 fully saturated rings. The van der Waals surface area contributed by atoms with Crippen molar-refractivity contribution in [3.63, 3.8) is 0 Å². The average molecular weight is 480 g/mol. The number of fused-ring (bicyclic) bond motifs is 1. The van der Waals surface area contributed by atoms with Gasteiger partial charge in [0.25, 0.3) is 0 Å². The Labute approximate surface area is 215 Å². The summed E-state index contributed by atoms with van der Waals surface area (Å²) in [5.41, 5.74) is 7.57. The van der Waals surface area contributed by atoms with Gasteiger partial charge in [0.2, 0.25) is 0 Å². The van der Waals surface area contributed by atoms with Gasteiger partial charge in [0.1, 0.15) is 5.75 Å². The van der Waals surface area contributed by atoms with E-state index in [1.165, 1.54) is 78.9 Å². The first kappa shape index (κ1) is 23.2. The predicted molar refractivity (Wildman–Crippen MR) is 152 cm³/mol. The highest BCUT2D eigenvalue weighted by Crippen LogP contribution is 2.36. The van der Waals surface area contributed by atoms with Crippen LogP contribution in [0.1, 0.15) is 37.7 Å². The lowest BCUT2D eigenvalue weighted by atomic mass is 9.94. The SMILES string of the molecule is COc1ccc(-c2ccc3c(c2)C=CCN3c2ccc(N3CCN(C4CCCCC4)CC3)cc2)cc1. The van der Waals surface area contributed by atoms with Crippen molar-refractivity contribution in [1.82, 2.24) is 4.90 Å². The summed E-state index contributed by atoms with van der Waals surface area (Å²) in [6.07, 6.45) is 11.6. The molecule has 2 heterocycles. The van der Waals surface area contributed by atoms with Crippen LogP contribution in [-0.2, 0) is 0 Å². The first-order chi connectivity index (χ1) is 17.8. The van der Waals surface area contributed by atoms with Gasteiger partial charge in [0, 0.05) is 55.8 Å². The van der Waals surface area contributed by atoms with Gasteiger partial charge in [-0.05, 0) is 78.1 Å². The van der Waals surface area contributed by atoms with E-state index in [1.807, 2.05) is 12.1 Å². The van der Waals surface area contributed by atoms with Crippen molar-refractivity contribution in [2.24, 2.45) is 0 Å². The molecule has 0 spiro atoms. The molecule has 0 bridgehead atoms. The zero-order valence-corrected chi connectivity index (χ0v) is 21.4. The minimum Gasteiger partial charge on any atom is -0.497 e. The van der Waals surface area contributed by atoms with Crippen LogP contribution >= 0.6 is 0 Å². The molecule has 4 heteroatoms. The van der Waals surface area contributed by atoms with Crippen LogP contribution in [0.2, 0.25) is 0 Å². The number of nitrogens with zero attached hydrogens (tertiary/aromatic N) is 3. The largest absolute Gasteiger partial charge is 0.497 e. The first-order valence-electron chi connectivity index (χ1n) is 13.6. The zero-order valence-electron chi connectivity index (χ0n) is 21.4. The van der Waals surface area contributed by atoms with Gasteiger partial charge < -0.3 is 14.5 Å². The molecule has 6 rings (SSSR count). The van der Waals surface area contributed by atoms with E-state index in [-0.39, 0.29) is 0 Å². The molecule has 0 atom stereocenters. The lowest BCUT2D eigenvalue weighted by Gasteiger charge is -2.41. The highest BCUT2D eigenvalue weighted by molar-refractivity contribution is 5.82. The quantitative estimate of drug-likeness (QED) is 0.393. The van der Waals surface area contributed by atoms with E-state index in [0.29, 0.717) is 0 Å². The molecule has 1 aliphatic carbocycles.